The second-order valence-electron chi connectivity index (χ2n) is 9.59. The first-order valence-corrected chi connectivity index (χ1v) is 9.63. The Balaban J connectivity index is 2.39. The number of carbonyl (C=O) groups is 2. The van der Waals surface area contributed by atoms with E-state index in [1.165, 1.54) is 0 Å². The van der Waals surface area contributed by atoms with Crippen molar-refractivity contribution in [2.24, 2.45) is 11.3 Å². The minimum absolute atomic E-state index is 0.103. The average molecular weight is 389 g/mol. The van der Waals surface area contributed by atoms with Crippen LogP contribution in [0, 0.1) is 11.3 Å². The van der Waals surface area contributed by atoms with Crippen LogP contribution in [0.15, 0.2) is 42.5 Å². The highest BCUT2D eigenvalue weighted by atomic mass is 16.6. The van der Waals surface area contributed by atoms with E-state index >= 15 is 0 Å². The number of benzene rings is 1. The first kappa shape index (κ1) is 22.2. The minimum atomic E-state index is -1.50. The second kappa shape index (κ2) is 7.70. The molecule has 2 atom stereocenters. The summed E-state index contributed by atoms with van der Waals surface area (Å²) < 4.78 is 11.2. The zero-order valence-corrected chi connectivity index (χ0v) is 17.7. The van der Waals surface area contributed by atoms with Gasteiger partial charge in [0.05, 0.1) is 6.10 Å². The lowest BCUT2D eigenvalue weighted by atomic mass is 9.83. The van der Waals surface area contributed by atoms with Gasteiger partial charge in [0.25, 0.3) is 0 Å². The van der Waals surface area contributed by atoms with Crippen LogP contribution in [-0.4, -0.2) is 28.2 Å². The van der Waals surface area contributed by atoms with Gasteiger partial charge < -0.3 is 14.6 Å². The zero-order chi connectivity index (χ0) is 21.3. The van der Waals surface area contributed by atoms with Crippen molar-refractivity contribution in [2.45, 2.75) is 71.7 Å². The third-order valence-electron chi connectivity index (χ3n) is 4.72. The summed E-state index contributed by atoms with van der Waals surface area (Å²) in [4.78, 5) is 26.2. The first-order valence-electron chi connectivity index (χ1n) is 9.63. The van der Waals surface area contributed by atoms with Gasteiger partial charge in [0.2, 0.25) is 0 Å². The molecule has 5 heteroatoms. The molecule has 0 aliphatic heterocycles. The molecule has 0 unspecified atom stereocenters. The van der Waals surface area contributed by atoms with E-state index in [1.807, 2.05) is 30.3 Å². The van der Waals surface area contributed by atoms with Crippen LogP contribution >= 0.6 is 0 Å². The molecule has 0 saturated heterocycles. The molecule has 0 bridgehead atoms. The average Bonchev–Trinajstić information content (AvgIpc) is 2.91. The van der Waals surface area contributed by atoms with E-state index in [4.69, 9.17) is 9.47 Å². The minimum Gasteiger partial charge on any atom is -0.459 e. The Bertz CT molecular complexity index is 708. The standard InChI is InChI=1S/C23H32O5/c1-15-13-23(19(25)27-21(2,3)4,20(26)28-22(5,6)7)14-17(15)18(24)16-11-9-8-10-12-16/h8-12,17-18,24H,1,13-14H2,2-7H3/t17-,18-/m0/s1. The number of carbonyl (C=O) groups excluding carboxylic acids is 2. The molecule has 1 saturated carbocycles. The highest BCUT2D eigenvalue weighted by molar-refractivity contribution is 6.01. The van der Waals surface area contributed by atoms with Crippen molar-refractivity contribution < 1.29 is 24.2 Å². The molecule has 1 aromatic rings. The van der Waals surface area contributed by atoms with E-state index in [9.17, 15) is 14.7 Å². The Labute approximate surface area is 167 Å². The van der Waals surface area contributed by atoms with E-state index in [0.717, 1.165) is 5.56 Å². The lowest BCUT2D eigenvalue weighted by Crippen LogP contribution is -2.45. The molecule has 0 heterocycles. The summed E-state index contributed by atoms with van der Waals surface area (Å²) in [6, 6.07) is 9.18. The van der Waals surface area contributed by atoms with Crippen LogP contribution in [0.25, 0.3) is 0 Å². The Kier molecular flexibility index (Phi) is 6.10. The highest BCUT2D eigenvalue weighted by Gasteiger charge is 2.58. The van der Waals surface area contributed by atoms with Gasteiger partial charge in [-0.05, 0) is 59.9 Å². The van der Waals surface area contributed by atoms with Crippen LogP contribution in [0.4, 0.5) is 0 Å². The fourth-order valence-corrected chi connectivity index (χ4v) is 3.47. The van der Waals surface area contributed by atoms with Crippen LogP contribution in [-0.2, 0) is 19.1 Å². The fourth-order valence-electron chi connectivity index (χ4n) is 3.47. The number of rotatable bonds is 4. The largest absolute Gasteiger partial charge is 0.459 e. The maximum absolute atomic E-state index is 13.1. The van der Waals surface area contributed by atoms with Crippen molar-refractivity contribution in [1.29, 1.82) is 0 Å². The van der Waals surface area contributed by atoms with Gasteiger partial charge in [-0.3, -0.25) is 9.59 Å². The number of aliphatic hydroxyl groups excluding tert-OH is 1. The molecule has 0 radical (unpaired) electrons. The van der Waals surface area contributed by atoms with E-state index < -0.39 is 40.6 Å². The van der Waals surface area contributed by atoms with Crippen LogP contribution in [0.5, 0.6) is 0 Å². The maximum Gasteiger partial charge on any atom is 0.324 e. The third kappa shape index (κ3) is 5.02. The Morgan fingerprint density at radius 3 is 1.93 bits per heavy atom. The lowest BCUT2D eigenvalue weighted by Gasteiger charge is -2.32. The topological polar surface area (TPSA) is 72.8 Å². The van der Waals surface area contributed by atoms with Gasteiger partial charge in [-0.25, -0.2) is 0 Å². The van der Waals surface area contributed by atoms with E-state index in [1.54, 1.807) is 41.5 Å². The predicted molar refractivity (Wildman–Crippen MR) is 107 cm³/mol. The van der Waals surface area contributed by atoms with Crippen LogP contribution in [0.1, 0.15) is 66.1 Å². The van der Waals surface area contributed by atoms with Gasteiger partial charge in [-0.1, -0.05) is 42.5 Å². The van der Waals surface area contributed by atoms with Gasteiger partial charge in [-0.2, -0.15) is 0 Å². The van der Waals surface area contributed by atoms with Crippen molar-refractivity contribution in [3.05, 3.63) is 48.0 Å². The van der Waals surface area contributed by atoms with Gasteiger partial charge >= 0.3 is 11.9 Å². The van der Waals surface area contributed by atoms with Crippen molar-refractivity contribution in [2.75, 3.05) is 0 Å². The first-order chi connectivity index (χ1) is 12.8. The van der Waals surface area contributed by atoms with Crippen molar-refractivity contribution in [3.63, 3.8) is 0 Å². The number of hydrogen-bond donors (Lipinski definition) is 1. The number of ether oxygens (including phenoxy) is 2. The van der Waals surface area contributed by atoms with Crippen LogP contribution < -0.4 is 0 Å². The van der Waals surface area contributed by atoms with E-state index in [-0.39, 0.29) is 12.8 Å². The fraction of sp³-hybridized carbons (Fsp3) is 0.565. The molecule has 28 heavy (non-hydrogen) atoms. The van der Waals surface area contributed by atoms with Gasteiger partial charge in [0.1, 0.15) is 11.2 Å². The monoisotopic (exact) mass is 388 g/mol. The van der Waals surface area contributed by atoms with Crippen LogP contribution in [0.2, 0.25) is 0 Å². The summed E-state index contributed by atoms with van der Waals surface area (Å²) in [6.45, 7) is 14.6. The van der Waals surface area contributed by atoms with Gasteiger partial charge in [-0.15, -0.1) is 0 Å². The molecule has 1 aliphatic rings. The molecule has 0 aromatic heterocycles. The Morgan fingerprint density at radius 1 is 1.04 bits per heavy atom. The zero-order valence-electron chi connectivity index (χ0n) is 17.7. The number of aliphatic hydroxyl groups is 1. The smallest absolute Gasteiger partial charge is 0.324 e. The van der Waals surface area contributed by atoms with Gasteiger partial charge in [0, 0.05) is 5.92 Å². The van der Waals surface area contributed by atoms with Crippen LogP contribution in [0.3, 0.4) is 0 Å². The summed E-state index contributed by atoms with van der Waals surface area (Å²) in [5, 5.41) is 10.9. The molecular weight excluding hydrogens is 356 g/mol. The van der Waals surface area contributed by atoms with E-state index in [0.29, 0.717) is 5.57 Å². The molecule has 1 aliphatic carbocycles. The summed E-state index contributed by atoms with van der Waals surface area (Å²) in [6.07, 6.45) is -0.655. The maximum atomic E-state index is 13.1. The number of esters is 2. The number of hydrogen-bond acceptors (Lipinski definition) is 5. The van der Waals surface area contributed by atoms with Crippen molar-refractivity contribution in [3.8, 4) is 0 Å². The molecular formula is C23H32O5. The molecule has 1 fully saturated rings. The van der Waals surface area contributed by atoms with Gasteiger partial charge in [0.15, 0.2) is 5.41 Å². The van der Waals surface area contributed by atoms with Crippen molar-refractivity contribution >= 4 is 11.9 Å². The Morgan fingerprint density at radius 2 is 1.50 bits per heavy atom. The summed E-state index contributed by atoms with van der Waals surface area (Å²) in [5.41, 5.74) is -1.63. The van der Waals surface area contributed by atoms with E-state index in [2.05, 4.69) is 6.58 Å². The molecule has 1 N–H and O–H groups in total. The molecule has 154 valence electrons. The quantitative estimate of drug-likeness (QED) is 0.471. The molecule has 2 rings (SSSR count). The summed E-state index contributed by atoms with van der Waals surface area (Å²) >= 11 is 0. The molecule has 1 aromatic carbocycles. The highest BCUT2D eigenvalue weighted by Crippen LogP contribution is 2.51. The summed E-state index contributed by atoms with van der Waals surface area (Å²) in [7, 11) is 0. The lowest BCUT2D eigenvalue weighted by molar-refractivity contribution is -0.185. The van der Waals surface area contributed by atoms with Crippen molar-refractivity contribution in [1.82, 2.24) is 0 Å². The summed E-state index contributed by atoms with van der Waals surface area (Å²) in [5.74, 6) is -1.70. The SMILES string of the molecule is C=C1CC(C(=O)OC(C)(C)C)(C(=O)OC(C)(C)C)C[C@@H]1[C@@H](O)c1ccccc1. The molecule has 0 spiro atoms. The third-order valence-corrected chi connectivity index (χ3v) is 4.72. The predicted octanol–water partition coefficient (Wildman–Crippen LogP) is 4.36. The normalized spacial score (nSPS) is 20.5. The Hall–Kier alpha value is -2.14. The molecule has 0 amide bonds. The second-order valence-corrected chi connectivity index (χ2v) is 9.59. The molecule has 5 nitrogen and oxygen atoms in total.